The van der Waals surface area contributed by atoms with Crippen LogP contribution in [0.2, 0.25) is 0 Å². The maximum atomic E-state index is 14.0. The van der Waals surface area contributed by atoms with Crippen molar-refractivity contribution in [3.63, 3.8) is 0 Å². The Hall–Kier alpha value is -1.70. The molecule has 2 aromatic rings. The Bertz CT molecular complexity index is 640. The number of nitrogens with zero attached hydrogens (tertiary/aromatic N) is 1. The molecular weight excluding hydrogens is 341 g/mol. The smallest absolute Gasteiger partial charge is 0.146 e. The summed E-state index contributed by atoms with van der Waals surface area (Å²) in [5.41, 5.74) is 3.40. The topological polar surface area (TPSA) is 69.4 Å². The van der Waals surface area contributed by atoms with Gasteiger partial charge in [-0.1, -0.05) is 0 Å². The number of aromatic nitrogens is 1. The lowest BCUT2D eigenvalue weighted by Crippen LogP contribution is -2.30. The van der Waals surface area contributed by atoms with Gasteiger partial charge in [0.1, 0.15) is 21.8 Å². The zero-order chi connectivity index (χ0) is 15.4. The largest absolute Gasteiger partial charge is 0.495 e. The van der Waals surface area contributed by atoms with E-state index in [1.165, 1.54) is 25.4 Å². The van der Waals surface area contributed by atoms with E-state index in [9.17, 15) is 4.39 Å². The highest BCUT2D eigenvalue weighted by atomic mass is 79.9. The average molecular weight is 356 g/mol. The van der Waals surface area contributed by atoms with Crippen molar-refractivity contribution in [1.29, 1.82) is 0 Å². The maximum absolute atomic E-state index is 14.0. The second kappa shape index (κ2) is 6.84. The predicted octanol–water partition coefficient (Wildman–Crippen LogP) is 2.55. The van der Waals surface area contributed by atoms with Gasteiger partial charge in [-0.3, -0.25) is 10.8 Å². The fourth-order valence-corrected chi connectivity index (χ4v) is 2.76. The molecule has 3 N–H and O–H groups in total. The van der Waals surface area contributed by atoms with Gasteiger partial charge in [0.05, 0.1) is 26.0 Å². The molecule has 0 bridgehead atoms. The van der Waals surface area contributed by atoms with Gasteiger partial charge in [-0.2, -0.15) is 0 Å². The fourth-order valence-electron chi connectivity index (χ4n) is 2.07. The number of pyridine rings is 1. The lowest BCUT2D eigenvalue weighted by molar-refractivity contribution is 0.381. The number of methoxy groups -OCH3 is 2. The van der Waals surface area contributed by atoms with Crippen molar-refractivity contribution in [2.45, 2.75) is 6.04 Å². The van der Waals surface area contributed by atoms with Crippen molar-refractivity contribution in [3.05, 3.63) is 52.0 Å². The van der Waals surface area contributed by atoms with E-state index in [4.69, 9.17) is 15.3 Å². The molecule has 5 nitrogen and oxygen atoms in total. The van der Waals surface area contributed by atoms with E-state index >= 15 is 0 Å². The van der Waals surface area contributed by atoms with E-state index in [0.717, 1.165) is 0 Å². The number of nitrogens with two attached hydrogens (primary N) is 1. The first-order valence-electron chi connectivity index (χ1n) is 6.11. The lowest BCUT2D eigenvalue weighted by atomic mass is 10.0. The second-order valence-corrected chi connectivity index (χ2v) is 4.97. The summed E-state index contributed by atoms with van der Waals surface area (Å²) in [5, 5.41) is 0. The molecule has 0 aliphatic heterocycles. The van der Waals surface area contributed by atoms with E-state index in [1.54, 1.807) is 19.2 Å². The Morgan fingerprint density at radius 2 is 2.05 bits per heavy atom. The zero-order valence-electron chi connectivity index (χ0n) is 11.6. The molecule has 1 heterocycles. The van der Waals surface area contributed by atoms with Gasteiger partial charge in [0.25, 0.3) is 0 Å². The van der Waals surface area contributed by atoms with Crippen LogP contribution < -0.4 is 20.7 Å². The first-order chi connectivity index (χ1) is 10.1. The zero-order valence-corrected chi connectivity index (χ0v) is 13.1. The third-order valence-electron chi connectivity index (χ3n) is 3.05. The molecule has 7 heteroatoms. The van der Waals surface area contributed by atoms with Crippen LogP contribution in [0.4, 0.5) is 4.39 Å². The monoisotopic (exact) mass is 355 g/mol. The Labute approximate surface area is 130 Å². The quantitative estimate of drug-likeness (QED) is 0.637. The van der Waals surface area contributed by atoms with Gasteiger partial charge in [-0.25, -0.2) is 9.82 Å². The summed E-state index contributed by atoms with van der Waals surface area (Å²) in [4.78, 5) is 4.05. The normalized spacial score (nSPS) is 12.0. The van der Waals surface area contributed by atoms with Crippen molar-refractivity contribution in [3.8, 4) is 11.5 Å². The molecule has 0 aliphatic rings. The number of hydrogen-bond donors (Lipinski definition) is 2. The molecule has 0 spiro atoms. The van der Waals surface area contributed by atoms with Crippen LogP contribution in [-0.2, 0) is 0 Å². The maximum Gasteiger partial charge on any atom is 0.146 e. The molecule has 0 fully saturated rings. The Morgan fingerprint density at radius 3 is 2.62 bits per heavy atom. The van der Waals surface area contributed by atoms with Gasteiger partial charge in [0.2, 0.25) is 0 Å². The molecule has 21 heavy (non-hydrogen) atoms. The number of hydrazine groups is 1. The average Bonchev–Trinajstić information content (AvgIpc) is 2.50. The van der Waals surface area contributed by atoms with Gasteiger partial charge in [0, 0.05) is 11.8 Å². The summed E-state index contributed by atoms with van der Waals surface area (Å²) in [5.74, 6) is 6.25. The second-order valence-electron chi connectivity index (χ2n) is 4.17. The molecule has 1 unspecified atom stereocenters. The fraction of sp³-hybridized carbons (Fsp3) is 0.214. The van der Waals surface area contributed by atoms with Crippen LogP contribution in [0.3, 0.4) is 0 Å². The van der Waals surface area contributed by atoms with E-state index in [1.807, 2.05) is 0 Å². The van der Waals surface area contributed by atoms with Crippen molar-refractivity contribution in [2.24, 2.45) is 5.84 Å². The van der Waals surface area contributed by atoms with Crippen molar-refractivity contribution in [1.82, 2.24) is 10.4 Å². The number of halogens is 2. The number of rotatable bonds is 5. The molecule has 0 aliphatic carbocycles. The van der Waals surface area contributed by atoms with Gasteiger partial charge in [0.15, 0.2) is 0 Å². The molecule has 112 valence electrons. The van der Waals surface area contributed by atoms with Crippen LogP contribution in [0.5, 0.6) is 11.5 Å². The van der Waals surface area contributed by atoms with Crippen molar-refractivity contribution in [2.75, 3.05) is 14.2 Å². The molecule has 0 saturated heterocycles. The van der Waals surface area contributed by atoms with E-state index in [-0.39, 0.29) is 5.69 Å². The minimum Gasteiger partial charge on any atom is -0.495 e. The molecule has 0 saturated carbocycles. The summed E-state index contributed by atoms with van der Waals surface area (Å²) in [6.07, 6.45) is 1.51. The minimum atomic E-state index is -0.650. The molecule has 1 aromatic carbocycles. The lowest BCUT2D eigenvalue weighted by Gasteiger charge is -2.21. The highest BCUT2D eigenvalue weighted by Crippen LogP contribution is 2.40. The third-order valence-corrected chi connectivity index (χ3v) is 3.81. The van der Waals surface area contributed by atoms with Crippen LogP contribution in [0, 0.1) is 5.82 Å². The van der Waals surface area contributed by atoms with Crippen molar-refractivity contribution < 1.29 is 13.9 Å². The van der Waals surface area contributed by atoms with Crippen LogP contribution in [0.1, 0.15) is 17.3 Å². The standard InChI is InChI=1S/C14H15BrFN3O2/c1-20-10-6-5-8(14(21-2)11(10)15)12(19-17)13-9(16)4-3-7-18-13/h3-7,12,19H,17H2,1-2H3. The third kappa shape index (κ3) is 2.99. The van der Waals surface area contributed by atoms with E-state index in [2.05, 4.69) is 26.3 Å². The number of benzene rings is 1. The summed E-state index contributed by atoms with van der Waals surface area (Å²) >= 11 is 3.41. The Balaban J connectivity index is 2.58. The molecule has 0 amide bonds. The number of nitrogens with one attached hydrogen (secondary N) is 1. The number of ether oxygens (including phenoxy) is 2. The van der Waals surface area contributed by atoms with Gasteiger partial charge < -0.3 is 9.47 Å². The molecule has 1 atom stereocenters. The van der Waals surface area contributed by atoms with Crippen molar-refractivity contribution >= 4 is 15.9 Å². The van der Waals surface area contributed by atoms with Gasteiger partial charge >= 0.3 is 0 Å². The summed E-state index contributed by atoms with van der Waals surface area (Å²) in [7, 11) is 3.07. The first-order valence-corrected chi connectivity index (χ1v) is 6.90. The summed E-state index contributed by atoms with van der Waals surface area (Å²) in [6, 6.07) is 5.70. The molecule has 2 rings (SSSR count). The highest BCUT2D eigenvalue weighted by molar-refractivity contribution is 9.10. The summed E-state index contributed by atoms with van der Waals surface area (Å²) < 4.78 is 25.2. The van der Waals surface area contributed by atoms with Crippen LogP contribution in [-0.4, -0.2) is 19.2 Å². The van der Waals surface area contributed by atoms with E-state index in [0.29, 0.717) is 21.5 Å². The van der Waals surface area contributed by atoms with Gasteiger partial charge in [-0.15, -0.1) is 0 Å². The van der Waals surface area contributed by atoms with E-state index < -0.39 is 11.9 Å². The Kier molecular flexibility index (Phi) is 5.11. The van der Waals surface area contributed by atoms with Gasteiger partial charge in [-0.05, 0) is 40.2 Å². The predicted molar refractivity (Wildman–Crippen MR) is 80.6 cm³/mol. The summed E-state index contributed by atoms with van der Waals surface area (Å²) in [6.45, 7) is 0. The Morgan fingerprint density at radius 1 is 1.29 bits per heavy atom. The van der Waals surface area contributed by atoms with Crippen LogP contribution >= 0.6 is 15.9 Å². The molecular formula is C14H15BrFN3O2. The molecule has 0 radical (unpaired) electrons. The minimum absolute atomic E-state index is 0.190. The first kappa shape index (κ1) is 15.7. The SMILES string of the molecule is COc1ccc(C(NN)c2ncccc2F)c(OC)c1Br. The highest BCUT2D eigenvalue weighted by Gasteiger charge is 2.24. The molecule has 1 aromatic heterocycles. The van der Waals surface area contributed by atoms with Crippen LogP contribution in [0.25, 0.3) is 0 Å². The van der Waals surface area contributed by atoms with Crippen LogP contribution in [0.15, 0.2) is 34.9 Å². The number of hydrogen-bond acceptors (Lipinski definition) is 5.